The normalized spacial score (nSPS) is 35.1. The van der Waals surface area contributed by atoms with Gasteiger partial charge in [0.1, 0.15) is 12.6 Å². The van der Waals surface area contributed by atoms with Gasteiger partial charge in [-0.3, -0.25) is 14.5 Å². The number of urea groups is 1. The third-order valence-electron chi connectivity index (χ3n) is 7.42. The van der Waals surface area contributed by atoms with Crippen LogP contribution in [0.3, 0.4) is 0 Å². The maximum Gasteiger partial charge on any atom is 0.325 e. The van der Waals surface area contributed by atoms with Gasteiger partial charge in [-0.1, -0.05) is 30.3 Å². The molecule has 6 nitrogen and oxygen atoms in total. The average molecular weight is 396 g/mol. The first-order valence-electron chi connectivity index (χ1n) is 11.0. The van der Waals surface area contributed by atoms with Gasteiger partial charge in [0.2, 0.25) is 5.91 Å². The van der Waals surface area contributed by atoms with Gasteiger partial charge in [0.25, 0.3) is 5.91 Å². The number of nitrogens with one attached hydrogen (secondary N) is 2. The van der Waals surface area contributed by atoms with E-state index in [1.165, 1.54) is 19.3 Å². The predicted octanol–water partition coefficient (Wildman–Crippen LogP) is 2.62. The van der Waals surface area contributed by atoms with Crippen molar-refractivity contribution in [2.45, 2.75) is 62.9 Å². The summed E-state index contributed by atoms with van der Waals surface area (Å²) in [5.74, 6) is 1.73. The summed E-state index contributed by atoms with van der Waals surface area (Å²) in [6.07, 6.45) is 8.37. The van der Waals surface area contributed by atoms with Crippen LogP contribution in [0, 0.1) is 17.8 Å². The fraction of sp³-hybridized carbons (Fsp3) is 0.609. The number of amides is 4. The van der Waals surface area contributed by atoms with Crippen LogP contribution in [-0.4, -0.2) is 40.9 Å². The van der Waals surface area contributed by atoms with Gasteiger partial charge in [0.15, 0.2) is 0 Å². The Bertz CT molecular complexity index is 787. The number of hydrogen-bond donors (Lipinski definition) is 2. The number of rotatable bonds is 6. The van der Waals surface area contributed by atoms with E-state index in [0.717, 1.165) is 47.5 Å². The zero-order valence-corrected chi connectivity index (χ0v) is 16.7. The van der Waals surface area contributed by atoms with Crippen LogP contribution in [0.1, 0.15) is 50.5 Å². The number of carbonyl (C=O) groups excluding carboxylic acids is 3. The summed E-state index contributed by atoms with van der Waals surface area (Å²) in [4.78, 5) is 38.9. The Balaban J connectivity index is 1.17. The molecule has 5 aliphatic rings. The van der Waals surface area contributed by atoms with Crippen molar-refractivity contribution in [1.29, 1.82) is 0 Å². The van der Waals surface area contributed by atoms with Crippen LogP contribution in [0.25, 0.3) is 0 Å². The summed E-state index contributed by atoms with van der Waals surface area (Å²) in [5.41, 5.74) is 1.03. The van der Waals surface area contributed by atoms with Crippen LogP contribution >= 0.6 is 0 Å². The van der Waals surface area contributed by atoms with Crippen molar-refractivity contribution in [2.24, 2.45) is 17.8 Å². The lowest BCUT2D eigenvalue weighted by Crippen LogP contribution is -2.61. The highest BCUT2D eigenvalue weighted by molar-refractivity contribution is 6.06. The molecule has 5 fully saturated rings. The molecule has 1 aromatic carbocycles. The fourth-order valence-electron chi connectivity index (χ4n) is 6.62. The maximum absolute atomic E-state index is 12.8. The molecule has 2 N–H and O–H groups in total. The molecule has 4 aliphatic carbocycles. The van der Waals surface area contributed by atoms with Gasteiger partial charge in [-0.15, -0.1) is 0 Å². The molecular formula is C23H29N3O3. The van der Waals surface area contributed by atoms with E-state index in [2.05, 4.69) is 10.6 Å². The number of nitrogens with zero attached hydrogens (tertiary/aromatic N) is 1. The number of hydrogen-bond acceptors (Lipinski definition) is 3. The molecule has 6 heteroatoms. The second kappa shape index (κ2) is 7.15. The zero-order valence-electron chi connectivity index (χ0n) is 16.7. The minimum Gasteiger partial charge on any atom is -0.349 e. The van der Waals surface area contributed by atoms with Crippen LogP contribution in [0.5, 0.6) is 0 Å². The molecular weight excluding hydrogens is 366 g/mol. The summed E-state index contributed by atoms with van der Waals surface area (Å²) in [5, 5.41) is 6.00. The molecule has 1 unspecified atom stereocenters. The largest absolute Gasteiger partial charge is 0.349 e. The number of benzene rings is 1. The van der Waals surface area contributed by atoms with E-state index in [9.17, 15) is 14.4 Å². The summed E-state index contributed by atoms with van der Waals surface area (Å²) in [6.45, 7) is -0.172. The van der Waals surface area contributed by atoms with Gasteiger partial charge < -0.3 is 10.6 Å². The molecule has 4 saturated carbocycles. The average Bonchev–Trinajstić information content (AvgIpc) is 2.93. The highest BCUT2D eigenvalue weighted by Crippen LogP contribution is 2.55. The molecule has 29 heavy (non-hydrogen) atoms. The predicted molar refractivity (Wildman–Crippen MR) is 108 cm³/mol. The molecule has 1 aliphatic heterocycles. The van der Waals surface area contributed by atoms with Gasteiger partial charge in [0.05, 0.1) is 0 Å². The SMILES string of the molecule is O=C(CN1C(=O)NC(CCc2ccccc2)C1=O)NC12CC3CC(CC(C3)C1)C2. The van der Waals surface area contributed by atoms with E-state index in [0.29, 0.717) is 12.8 Å². The molecule has 154 valence electrons. The Morgan fingerprint density at radius 2 is 1.66 bits per heavy atom. The van der Waals surface area contributed by atoms with Gasteiger partial charge in [-0.2, -0.15) is 0 Å². The zero-order chi connectivity index (χ0) is 20.0. The molecule has 1 aromatic rings. The highest BCUT2D eigenvalue weighted by Gasteiger charge is 2.51. The van der Waals surface area contributed by atoms with E-state index in [-0.39, 0.29) is 23.9 Å². The smallest absolute Gasteiger partial charge is 0.325 e. The van der Waals surface area contributed by atoms with Crippen molar-refractivity contribution in [2.75, 3.05) is 6.54 Å². The lowest BCUT2D eigenvalue weighted by Gasteiger charge is -2.56. The van der Waals surface area contributed by atoms with Crippen LogP contribution < -0.4 is 10.6 Å². The second-order valence-electron chi connectivity index (χ2n) is 9.70. The third kappa shape index (κ3) is 3.65. The first kappa shape index (κ1) is 18.6. The van der Waals surface area contributed by atoms with E-state index >= 15 is 0 Å². The van der Waals surface area contributed by atoms with Crippen LogP contribution in [0.2, 0.25) is 0 Å². The Morgan fingerprint density at radius 1 is 1.03 bits per heavy atom. The minimum absolute atomic E-state index is 0.0994. The molecule has 1 saturated heterocycles. The molecule has 1 heterocycles. The Kier molecular flexibility index (Phi) is 4.60. The monoisotopic (exact) mass is 395 g/mol. The standard InChI is InChI=1S/C23H29N3O3/c27-20(25-23-11-16-8-17(12-23)10-18(9-16)13-23)14-26-21(28)19(24-22(26)29)7-6-15-4-2-1-3-5-15/h1-5,16-19H,6-14H2,(H,24,29)(H,25,27). The lowest BCUT2D eigenvalue weighted by molar-refractivity contribution is -0.134. The Hall–Kier alpha value is -2.37. The van der Waals surface area contributed by atoms with Crippen molar-refractivity contribution in [1.82, 2.24) is 15.5 Å². The summed E-state index contributed by atoms with van der Waals surface area (Å²) in [6, 6.07) is 8.91. The quantitative estimate of drug-likeness (QED) is 0.727. The number of carbonyl (C=O) groups is 3. The van der Waals surface area contributed by atoms with Gasteiger partial charge in [-0.05, 0) is 74.7 Å². The lowest BCUT2D eigenvalue weighted by atomic mass is 9.53. The maximum atomic E-state index is 12.8. The van der Waals surface area contributed by atoms with Gasteiger partial charge in [0, 0.05) is 5.54 Å². The van der Waals surface area contributed by atoms with E-state index < -0.39 is 12.1 Å². The minimum atomic E-state index is -0.546. The molecule has 1 atom stereocenters. The van der Waals surface area contributed by atoms with E-state index in [1.54, 1.807) is 0 Å². The molecule has 0 radical (unpaired) electrons. The fourth-order valence-corrected chi connectivity index (χ4v) is 6.62. The molecule has 4 bridgehead atoms. The van der Waals surface area contributed by atoms with E-state index in [4.69, 9.17) is 0 Å². The van der Waals surface area contributed by atoms with Crippen LogP contribution in [0.15, 0.2) is 30.3 Å². The van der Waals surface area contributed by atoms with Gasteiger partial charge in [-0.25, -0.2) is 4.79 Å². The van der Waals surface area contributed by atoms with Crippen LogP contribution in [-0.2, 0) is 16.0 Å². The summed E-state index contributed by atoms with van der Waals surface area (Å²) in [7, 11) is 0. The van der Waals surface area contributed by atoms with Crippen LogP contribution in [0.4, 0.5) is 4.79 Å². The van der Waals surface area contributed by atoms with Crippen molar-refractivity contribution in [3.63, 3.8) is 0 Å². The first-order valence-corrected chi connectivity index (χ1v) is 11.0. The molecule has 4 amide bonds. The van der Waals surface area contributed by atoms with Crippen molar-refractivity contribution in [3.05, 3.63) is 35.9 Å². The summed E-state index contributed by atoms with van der Waals surface area (Å²) < 4.78 is 0. The second-order valence-corrected chi connectivity index (χ2v) is 9.70. The summed E-state index contributed by atoms with van der Waals surface area (Å²) >= 11 is 0. The highest BCUT2D eigenvalue weighted by atomic mass is 16.2. The van der Waals surface area contributed by atoms with Crippen molar-refractivity contribution >= 4 is 17.8 Å². The molecule has 0 aromatic heterocycles. The number of aryl methyl sites for hydroxylation is 1. The van der Waals surface area contributed by atoms with Crippen molar-refractivity contribution < 1.29 is 14.4 Å². The molecule has 0 spiro atoms. The third-order valence-corrected chi connectivity index (χ3v) is 7.42. The molecule has 6 rings (SSSR count). The Labute approximate surface area is 171 Å². The van der Waals surface area contributed by atoms with E-state index in [1.807, 2.05) is 30.3 Å². The van der Waals surface area contributed by atoms with Crippen molar-refractivity contribution in [3.8, 4) is 0 Å². The Morgan fingerprint density at radius 3 is 2.28 bits per heavy atom. The topological polar surface area (TPSA) is 78.5 Å². The van der Waals surface area contributed by atoms with Gasteiger partial charge >= 0.3 is 6.03 Å². The first-order chi connectivity index (χ1) is 14.0. The number of imide groups is 1.